The Kier molecular flexibility index (Phi) is 3.67. The largest absolute Gasteiger partial charge is 0.496 e. The van der Waals surface area contributed by atoms with Crippen LogP contribution in [0.5, 0.6) is 5.75 Å². The van der Waals surface area contributed by atoms with Gasteiger partial charge in [-0.15, -0.1) is 0 Å². The number of methoxy groups -OCH3 is 1. The predicted molar refractivity (Wildman–Crippen MR) is 76.4 cm³/mol. The molecular weight excluding hydrogens is 222 g/mol. The van der Waals surface area contributed by atoms with Gasteiger partial charge in [-0.2, -0.15) is 0 Å². The second-order valence-corrected chi connectivity index (χ2v) is 5.87. The van der Waals surface area contributed by atoms with Gasteiger partial charge in [0.2, 0.25) is 0 Å². The first-order chi connectivity index (χ1) is 8.55. The Morgan fingerprint density at radius 3 is 2.39 bits per heavy atom. The molecule has 1 saturated carbocycles. The molecule has 0 aliphatic heterocycles. The summed E-state index contributed by atoms with van der Waals surface area (Å²) in [7, 11) is 1.77. The van der Waals surface area contributed by atoms with Crippen LogP contribution in [-0.2, 0) is 5.41 Å². The second kappa shape index (κ2) is 4.93. The Bertz CT molecular complexity index is 427. The van der Waals surface area contributed by atoms with Crippen molar-refractivity contribution in [3.8, 4) is 5.75 Å². The number of hydrogen-bond donors (Lipinski definition) is 1. The lowest BCUT2D eigenvalue weighted by Crippen LogP contribution is -2.42. The first-order valence-electron chi connectivity index (χ1n) is 6.94. The zero-order valence-corrected chi connectivity index (χ0v) is 12.0. The van der Waals surface area contributed by atoms with Gasteiger partial charge in [0.25, 0.3) is 0 Å². The molecule has 0 atom stereocenters. The van der Waals surface area contributed by atoms with Crippen LogP contribution < -0.4 is 10.5 Å². The Morgan fingerprint density at radius 1 is 1.33 bits per heavy atom. The summed E-state index contributed by atoms with van der Waals surface area (Å²) in [5.74, 6) is 1.53. The van der Waals surface area contributed by atoms with Crippen molar-refractivity contribution in [3.63, 3.8) is 0 Å². The fraction of sp³-hybridized carbons (Fsp3) is 0.625. The van der Waals surface area contributed by atoms with E-state index >= 15 is 0 Å². The second-order valence-electron chi connectivity index (χ2n) is 5.87. The van der Waals surface area contributed by atoms with Crippen LogP contribution in [-0.4, -0.2) is 13.7 Å². The lowest BCUT2D eigenvalue weighted by molar-refractivity contribution is 0.249. The Hall–Kier alpha value is -1.02. The van der Waals surface area contributed by atoms with Gasteiger partial charge in [0.05, 0.1) is 7.11 Å². The van der Waals surface area contributed by atoms with Crippen molar-refractivity contribution in [1.29, 1.82) is 0 Å². The molecule has 0 heterocycles. The van der Waals surface area contributed by atoms with Crippen LogP contribution in [0.2, 0.25) is 0 Å². The van der Waals surface area contributed by atoms with E-state index in [0.29, 0.717) is 5.92 Å². The van der Waals surface area contributed by atoms with E-state index in [0.717, 1.165) is 12.3 Å². The molecule has 0 bridgehead atoms. The molecule has 1 aromatic carbocycles. The van der Waals surface area contributed by atoms with Gasteiger partial charge in [0.1, 0.15) is 5.75 Å². The van der Waals surface area contributed by atoms with Gasteiger partial charge >= 0.3 is 0 Å². The highest BCUT2D eigenvalue weighted by Crippen LogP contribution is 2.48. The van der Waals surface area contributed by atoms with Gasteiger partial charge in [-0.1, -0.05) is 32.4 Å². The number of ether oxygens (including phenoxy) is 1. The van der Waals surface area contributed by atoms with Crippen molar-refractivity contribution < 1.29 is 4.74 Å². The maximum atomic E-state index is 6.06. The topological polar surface area (TPSA) is 35.2 Å². The quantitative estimate of drug-likeness (QED) is 0.883. The van der Waals surface area contributed by atoms with E-state index in [1.165, 1.54) is 36.0 Å². The summed E-state index contributed by atoms with van der Waals surface area (Å²) >= 11 is 0. The molecule has 0 amide bonds. The van der Waals surface area contributed by atoms with E-state index in [1.54, 1.807) is 7.11 Å². The van der Waals surface area contributed by atoms with E-state index < -0.39 is 0 Å². The summed E-state index contributed by atoms with van der Waals surface area (Å²) in [6, 6.07) is 4.45. The maximum absolute atomic E-state index is 6.06. The summed E-state index contributed by atoms with van der Waals surface area (Å²) < 4.78 is 5.65. The van der Waals surface area contributed by atoms with Crippen LogP contribution in [0.4, 0.5) is 0 Å². The standard InChI is InChI=1S/C16H25NO/c1-11(2)14-13(16(10-17)8-5-9-16)7-6-12(3)15(14)18-4/h6-7,11H,5,8-10,17H2,1-4H3. The minimum absolute atomic E-state index is 0.209. The number of rotatable bonds is 4. The van der Waals surface area contributed by atoms with Crippen LogP contribution in [0.1, 0.15) is 55.7 Å². The number of hydrogen-bond acceptors (Lipinski definition) is 2. The van der Waals surface area contributed by atoms with Crippen molar-refractivity contribution in [2.75, 3.05) is 13.7 Å². The average molecular weight is 247 g/mol. The molecule has 0 unspecified atom stereocenters. The minimum Gasteiger partial charge on any atom is -0.496 e. The summed E-state index contributed by atoms with van der Waals surface area (Å²) in [6.07, 6.45) is 3.73. The van der Waals surface area contributed by atoms with Crippen molar-refractivity contribution in [3.05, 3.63) is 28.8 Å². The van der Waals surface area contributed by atoms with Gasteiger partial charge in [-0.05, 0) is 36.8 Å². The van der Waals surface area contributed by atoms with Crippen LogP contribution in [0.15, 0.2) is 12.1 Å². The van der Waals surface area contributed by atoms with Gasteiger partial charge in [0, 0.05) is 17.5 Å². The zero-order valence-electron chi connectivity index (χ0n) is 12.0. The first-order valence-corrected chi connectivity index (χ1v) is 6.94. The fourth-order valence-electron chi connectivity index (χ4n) is 3.20. The minimum atomic E-state index is 0.209. The van der Waals surface area contributed by atoms with E-state index in [4.69, 9.17) is 10.5 Å². The Morgan fingerprint density at radius 2 is 2.00 bits per heavy atom. The highest BCUT2D eigenvalue weighted by Gasteiger charge is 2.40. The first kappa shape index (κ1) is 13.4. The molecule has 0 spiro atoms. The van der Waals surface area contributed by atoms with Crippen LogP contribution in [0.3, 0.4) is 0 Å². The molecule has 1 aliphatic rings. The zero-order chi connectivity index (χ0) is 13.3. The van der Waals surface area contributed by atoms with Crippen molar-refractivity contribution in [2.45, 2.75) is 51.4 Å². The highest BCUT2D eigenvalue weighted by atomic mass is 16.5. The molecule has 1 aromatic rings. The molecular formula is C16H25NO. The van der Waals surface area contributed by atoms with Crippen molar-refractivity contribution in [1.82, 2.24) is 0 Å². The normalized spacial score (nSPS) is 17.7. The smallest absolute Gasteiger partial charge is 0.125 e. The van der Waals surface area contributed by atoms with Crippen molar-refractivity contribution >= 4 is 0 Å². The van der Waals surface area contributed by atoms with E-state index in [1.807, 2.05) is 0 Å². The third kappa shape index (κ3) is 1.93. The lowest BCUT2D eigenvalue weighted by atomic mass is 9.62. The van der Waals surface area contributed by atoms with Gasteiger partial charge < -0.3 is 10.5 Å². The predicted octanol–water partition coefficient (Wildman–Crippen LogP) is 3.51. The van der Waals surface area contributed by atoms with E-state index in [2.05, 4.69) is 32.9 Å². The van der Waals surface area contributed by atoms with Crippen LogP contribution in [0.25, 0.3) is 0 Å². The lowest BCUT2D eigenvalue weighted by Gasteiger charge is -2.43. The monoisotopic (exact) mass is 247 g/mol. The summed E-state index contributed by atoms with van der Waals surface area (Å²) in [5.41, 5.74) is 10.3. The van der Waals surface area contributed by atoms with E-state index in [-0.39, 0.29) is 5.41 Å². The van der Waals surface area contributed by atoms with Crippen molar-refractivity contribution in [2.24, 2.45) is 5.73 Å². The molecule has 2 heteroatoms. The average Bonchev–Trinajstić information content (AvgIpc) is 2.29. The number of benzene rings is 1. The molecule has 18 heavy (non-hydrogen) atoms. The SMILES string of the molecule is COc1c(C)ccc(C2(CN)CCC2)c1C(C)C. The fourth-order valence-corrected chi connectivity index (χ4v) is 3.20. The van der Waals surface area contributed by atoms with Gasteiger partial charge in [-0.25, -0.2) is 0 Å². The van der Waals surface area contributed by atoms with Crippen LogP contribution in [0, 0.1) is 6.92 Å². The van der Waals surface area contributed by atoms with E-state index in [9.17, 15) is 0 Å². The molecule has 1 fully saturated rings. The Labute approximate surface area is 111 Å². The molecule has 100 valence electrons. The molecule has 2 nitrogen and oxygen atoms in total. The van der Waals surface area contributed by atoms with Gasteiger partial charge in [0.15, 0.2) is 0 Å². The molecule has 0 saturated heterocycles. The third-order valence-electron chi connectivity index (χ3n) is 4.45. The summed E-state index contributed by atoms with van der Waals surface area (Å²) in [6.45, 7) is 7.34. The van der Waals surface area contributed by atoms with Gasteiger partial charge in [-0.3, -0.25) is 0 Å². The Balaban J connectivity index is 2.60. The molecule has 2 N–H and O–H groups in total. The summed E-state index contributed by atoms with van der Waals surface area (Å²) in [4.78, 5) is 0. The third-order valence-corrected chi connectivity index (χ3v) is 4.45. The molecule has 2 rings (SSSR count). The summed E-state index contributed by atoms with van der Waals surface area (Å²) in [5, 5.41) is 0. The molecule has 0 radical (unpaired) electrons. The molecule has 0 aromatic heterocycles. The highest BCUT2D eigenvalue weighted by molar-refractivity contribution is 5.51. The maximum Gasteiger partial charge on any atom is 0.125 e. The number of aryl methyl sites for hydroxylation is 1. The molecule has 1 aliphatic carbocycles. The van der Waals surface area contributed by atoms with Crippen LogP contribution >= 0.6 is 0 Å². The number of nitrogens with two attached hydrogens (primary N) is 1.